The van der Waals surface area contributed by atoms with Crippen LogP contribution in [0.4, 0.5) is 4.79 Å². The maximum absolute atomic E-state index is 10.8. The summed E-state index contributed by atoms with van der Waals surface area (Å²) in [5, 5.41) is 1.96. The third-order valence-corrected chi connectivity index (χ3v) is 3.08. The molecule has 0 bridgehead atoms. The highest BCUT2D eigenvalue weighted by Crippen LogP contribution is 2.39. The predicted octanol–water partition coefficient (Wildman–Crippen LogP) is 2.94. The number of carbonyl (C=O) groups excluding carboxylic acids is 1. The highest BCUT2D eigenvalue weighted by Gasteiger charge is 2.47. The fourth-order valence-corrected chi connectivity index (χ4v) is 3.01. The molecule has 1 rings (SSSR count). The third kappa shape index (κ3) is 2.87. The Morgan fingerprint density at radius 2 is 1.69 bits per heavy atom. The van der Waals surface area contributed by atoms with Gasteiger partial charge in [-0.2, -0.15) is 5.06 Å². The van der Waals surface area contributed by atoms with Crippen LogP contribution < -0.4 is 0 Å². The van der Waals surface area contributed by atoms with Gasteiger partial charge in [-0.1, -0.05) is 0 Å². The first-order chi connectivity index (χ1) is 7.19. The molecule has 0 aromatic rings. The Morgan fingerprint density at radius 3 is 2.00 bits per heavy atom. The number of rotatable bonds is 2. The van der Waals surface area contributed by atoms with Crippen molar-refractivity contribution in [2.24, 2.45) is 0 Å². The SMILES string of the molecule is CON1C(C)(C)CC(OC(=O)Cl)CC1(C)C. The molecule has 94 valence electrons. The summed E-state index contributed by atoms with van der Waals surface area (Å²) in [5.41, 5.74) is -1.11. The summed E-state index contributed by atoms with van der Waals surface area (Å²) in [5.74, 6) is 0. The Kier molecular flexibility index (Phi) is 3.87. The van der Waals surface area contributed by atoms with Crippen molar-refractivity contribution in [3.63, 3.8) is 0 Å². The van der Waals surface area contributed by atoms with Gasteiger partial charge in [0.2, 0.25) is 0 Å². The van der Waals surface area contributed by atoms with Crippen LogP contribution in [-0.2, 0) is 9.57 Å². The normalized spacial score (nSPS) is 25.4. The van der Waals surface area contributed by atoms with Gasteiger partial charge in [0.1, 0.15) is 6.10 Å². The fourth-order valence-electron chi connectivity index (χ4n) is 2.88. The number of halogens is 1. The monoisotopic (exact) mass is 249 g/mol. The lowest BCUT2D eigenvalue weighted by molar-refractivity contribution is -0.275. The average molecular weight is 250 g/mol. The first-order valence-electron chi connectivity index (χ1n) is 5.39. The van der Waals surface area contributed by atoms with Crippen molar-refractivity contribution < 1.29 is 14.4 Å². The second-order valence-corrected chi connectivity index (χ2v) is 5.80. The van der Waals surface area contributed by atoms with Crippen LogP contribution in [0.2, 0.25) is 0 Å². The minimum absolute atomic E-state index is 0.151. The average Bonchev–Trinajstić information content (AvgIpc) is 1.97. The van der Waals surface area contributed by atoms with E-state index < -0.39 is 5.43 Å². The van der Waals surface area contributed by atoms with E-state index in [1.807, 2.05) is 5.06 Å². The molecular weight excluding hydrogens is 230 g/mol. The summed E-state index contributed by atoms with van der Waals surface area (Å²) in [6, 6.07) is 0. The van der Waals surface area contributed by atoms with Crippen molar-refractivity contribution in [2.75, 3.05) is 7.11 Å². The minimum Gasteiger partial charge on any atom is -0.450 e. The van der Waals surface area contributed by atoms with Gasteiger partial charge in [-0.15, -0.1) is 0 Å². The second-order valence-electron chi connectivity index (χ2n) is 5.49. The van der Waals surface area contributed by atoms with Crippen LogP contribution in [0.1, 0.15) is 40.5 Å². The molecule has 5 heteroatoms. The molecule has 0 unspecified atom stereocenters. The molecule has 0 aliphatic carbocycles. The summed E-state index contributed by atoms with van der Waals surface area (Å²) in [6.07, 6.45) is 1.27. The van der Waals surface area contributed by atoms with E-state index in [0.717, 1.165) is 0 Å². The summed E-state index contributed by atoms with van der Waals surface area (Å²) in [4.78, 5) is 16.2. The maximum atomic E-state index is 10.8. The minimum atomic E-state index is -0.734. The molecule has 0 spiro atoms. The Balaban J connectivity index is 2.84. The molecule has 0 saturated carbocycles. The molecule has 1 heterocycles. The Morgan fingerprint density at radius 1 is 1.25 bits per heavy atom. The molecule has 0 radical (unpaired) electrons. The molecule has 1 fully saturated rings. The van der Waals surface area contributed by atoms with E-state index in [0.29, 0.717) is 12.8 Å². The van der Waals surface area contributed by atoms with Crippen molar-refractivity contribution in [3.8, 4) is 0 Å². The lowest BCUT2D eigenvalue weighted by Crippen LogP contribution is -2.61. The number of hydrogen-bond acceptors (Lipinski definition) is 4. The Bertz CT molecular complexity index is 260. The number of carbonyl (C=O) groups is 1. The zero-order valence-corrected chi connectivity index (χ0v) is 11.3. The highest BCUT2D eigenvalue weighted by atomic mass is 35.5. The molecule has 4 nitrogen and oxygen atoms in total. The van der Waals surface area contributed by atoms with Crippen LogP contribution in [0, 0.1) is 0 Å². The molecule has 0 N–H and O–H groups in total. The van der Waals surface area contributed by atoms with Gasteiger partial charge in [0, 0.05) is 35.5 Å². The predicted molar refractivity (Wildman–Crippen MR) is 62.4 cm³/mol. The van der Waals surface area contributed by atoms with Gasteiger partial charge in [0.15, 0.2) is 0 Å². The van der Waals surface area contributed by atoms with Gasteiger partial charge in [-0.05, 0) is 27.7 Å². The van der Waals surface area contributed by atoms with Crippen molar-refractivity contribution in [1.82, 2.24) is 5.06 Å². The van der Waals surface area contributed by atoms with Crippen LogP contribution in [0.3, 0.4) is 0 Å². The second kappa shape index (κ2) is 4.51. The van der Waals surface area contributed by atoms with E-state index >= 15 is 0 Å². The Labute approximate surface area is 102 Å². The van der Waals surface area contributed by atoms with Gasteiger partial charge in [0.05, 0.1) is 7.11 Å². The van der Waals surface area contributed by atoms with Crippen LogP contribution in [0.5, 0.6) is 0 Å². The smallest absolute Gasteiger partial charge is 0.404 e. The molecule has 1 aliphatic rings. The fraction of sp³-hybridized carbons (Fsp3) is 0.909. The molecular formula is C11H20ClNO3. The summed E-state index contributed by atoms with van der Waals surface area (Å²) < 4.78 is 5.10. The third-order valence-electron chi connectivity index (χ3n) is 3.00. The molecule has 1 aliphatic heterocycles. The zero-order chi connectivity index (χ0) is 12.6. The maximum Gasteiger partial charge on any atom is 0.404 e. The van der Waals surface area contributed by atoms with E-state index in [1.54, 1.807) is 7.11 Å². The molecule has 1 saturated heterocycles. The molecule has 0 aromatic heterocycles. The quantitative estimate of drug-likeness (QED) is 0.706. The van der Waals surface area contributed by atoms with Gasteiger partial charge in [-0.25, -0.2) is 4.79 Å². The van der Waals surface area contributed by atoms with E-state index in [9.17, 15) is 4.79 Å². The van der Waals surface area contributed by atoms with E-state index in [1.165, 1.54) is 0 Å². The topological polar surface area (TPSA) is 38.8 Å². The lowest BCUT2D eigenvalue weighted by Gasteiger charge is -2.52. The van der Waals surface area contributed by atoms with E-state index in [2.05, 4.69) is 27.7 Å². The zero-order valence-electron chi connectivity index (χ0n) is 10.5. The number of piperidine rings is 1. The first kappa shape index (κ1) is 13.7. The summed E-state index contributed by atoms with van der Waals surface area (Å²) >= 11 is 5.26. The van der Waals surface area contributed by atoms with Crippen LogP contribution in [-0.4, -0.2) is 34.8 Å². The van der Waals surface area contributed by atoms with Crippen LogP contribution >= 0.6 is 11.6 Å². The molecule has 0 aromatic carbocycles. The summed E-state index contributed by atoms with van der Waals surface area (Å²) in [6.45, 7) is 8.25. The number of nitrogens with zero attached hydrogens (tertiary/aromatic N) is 1. The largest absolute Gasteiger partial charge is 0.450 e. The van der Waals surface area contributed by atoms with Crippen molar-refractivity contribution in [2.45, 2.75) is 57.7 Å². The Hall–Kier alpha value is -0.320. The number of hydrogen-bond donors (Lipinski definition) is 0. The molecule has 0 amide bonds. The highest BCUT2D eigenvalue weighted by molar-refractivity contribution is 6.61. The van der Waals surface area contributed by atoms with Crippen molar-refractivity contribution in [3.05, 3.63) is 0 Å². The summed E-state index contributed by atoms with van der Waals surface area (Å²) in [7, 11) is 1.66. The van der Waals surface area contributed by atoms with Gasteiger partial charge in [0.25, 0.3) is 0 Å². The lowest BCUT2D eigenvalue weighted by atomic mass is 9.80. The first-order valence-corrected chi connectivity index (χ1v) is 5.77. The number of hydroxylamine groups is 2. The van der Waals surface area contributed by atoms with Gasteiger partial charge >= 0.3 is 5.43 Å². The van der Waals surface area contributed by atoms with Crippen molar-refractivity contribution in [1.29, 1.82) is 0 Å². The van der Waals surface area contributed by atoms with Crippen LogP contribution in [0.25, 0.3) is 0 Å². The van der Waals surface area contributed by atoms with Crippen LogP contribution in [0.15, 0.2) is 0 Å². The number of ether oxygens (including phenoxy) is 1. The van der Waals surface area contributed by atoms with Crippen molar-refractivity contribution >= 4 is 17.0 Å². The molecule has 16 heavy (non-hydrogen) atoms. The van der Waals surface area contributed by atoms with Gasteiger partial charge in [-0.3, -0.25) is 0 Å². The van der Waals surface area contributed by atoms with E-state index in [4.69, 9.17) is 21.2 Å². The standard InChI is InChI=1S/C11H20ClNO3/c1-10(2)6-8(16-9(12)14)7-11(3,4)13(10)15-5/h8H,6-7H2,1-5H3. The van der Waals surface area contributed by atoms with Gasteiger partial charge < -0.3 is 9.57 Å². The molecule has 0 atom stereocenters. The van der Waals surface area contributed by atoms with E-state index in [-0.39, 0.29) is 17.2 Å².